The Hall–Kier alpha value is -3.95. The van der Waals surface area contributed by atoms with E-state index in [0.717, 1.165) is 10.9 Å². The maximum absolute atomic E-state index is 12.5. The topological polar surface area (TPSA) is 96.8 Å². The number of halogens is 2. The van der Waals surface area contributed by atoms with Crippen LogP contribution < -0.4 is 19.8 Å². The lowest BCUT2D eigenvalue weighted by atomic mass is 10.1. The Morgan fingerprint density at radius 3 is 2.71 bits per heavy atom. The van der Waals surface area contributed by atoms with Crippen LogP contribution in [-0.2, 0) is 6.61 Å². The zero-order chi connectivity index (χ0) is 22.0. The molecule has 10 heteroatoms. The molecule has 0 unspecified atom stereocenters. The van der Waals surface area contributed by atoms with E-state index in [1.54, 1.807) is 18.2 Å². The molecule has 0 radical (unpaired) electrons. The molecule has 0 aliphatic carbocycles. The average Bonchev–Trinajstić information content (AvgIpc) is 3.21. The van der Waals surface area contributed by atoms with Crippen molar-refractivity contribution in [1.82, 2.24) is 10.1 Å². The van der Waals surface area contributed by atoms with Gasteiger partial charge in [0.2, 0.25) is 5.82 Å². The molecule has 160 valence electrons. The number of nitrogens with zero attached hydrogens (tertiary/aromatic N) is 2. The molecular weight excluding hydrogens is 414 g/mol. The summed E-state index contributed by atoms with van der Waals surface area (Å²) < 4.78 is 50.4. The molecule has 2 aromatic carbocycles. The van der Waals surface area contributed by atoms with Gasteiger partial charge in [-0.2, -0.15) is 13.8 Å². The fraction of sp³-hybridized carbons (Fsp3) is 0.190. The molecule has 0 saturated carbocycles. The van der Waals surface area contributed by atoms with Gasteiger partial charge in [0.05, 0.1) is 7.11 Å². The molecule has 4 rings (SSSR count). The Morgan fingerprint density at radius 1 is 1.10 bits per heavy atom. The van der Waals surface area contributed by atoms with E-state index in [-0.39, 0.29) is 29.8 Å². The highest BCUT2D eigenvalue weighted by molar-refractivity contribution is 5.81. The Labute approximate surface area is 174 Å². The minimum atomic E-state index is -2.97. The van der Waals surface area contributed by atoms with E-state index in [1.807, 2.05) is 6.92 Å². The first-order chi connectivity index (χ1) is 14.9. The number of aryl methyl sites for hydroxylation is 1. The third-order valence-electron chi connectivity index (χ3n) is 4.39. The number of hydrogen-bond acceptors (Lipinski definition) is 8. The third kappa shape index (κ3) is 4.47. The fourth-order valence-electron chi connectivity index (χ4n) is 2.97. The summed E-state index contributed by atoms with van der Waals surface area (Å²) in [6, 6.07) is 10.8. The lowest BCUT2D eigenvalue weighted by Crippen LogP contribution is -2.03. The number of alkyl halides is 2. The van der Waals surface area contributed by atoms with Crippen molar-refractivity contribution in [2.24, 2.45) is 0 Å². The van der Waals surface area contributed by atoms with Crippen molar-refractivity contribution in [3.63, 3.8) is 0 Å². The lowest BCUT2D eigenvalue weighted by Gasteiger charge is -2.10. The molecule has 0 fully saturated rings. The zero-order valence-electron chi connectivity index (χ0n) is 16.4. The van der Waals surface area contributed by atoms with E-state index in [0.29, 0.717) is 16.9 Å². The highest BCUT2D eigenvalue weighted by Crippen LogP contribution is 2.32. The van der Waals surface area contributed by atoms with Gasteiger partial charge in [0.25, 0.3) is 5.89 Å². The van der Waals surface area contributed by atoms with Crippen LogP contribution >= 0.6 is 0 Å². The van der Waals surface area contributed by atoms with Crippen LogP contribution in [0.5, 0.6) is 17.2 Å². The molecule has 0 aliphatic heterocycles. The van der Waals surface area contributed by atoms with E-state index in [4.69, 9.17) is 18.4 Å². The number of fused-ring (bicyclic) bond motifs is 1. The fourth-order valence-corrected chi connectivity index (χ4v) is 2.97. The molecule has 31 heavy (non-hydrogen) atoms. The predicted octanol–water partition coefficient (Wildman–Crippen LogP) is 4.34. The smallest absolute Gasteiger partial charge is 0.387 e. The van der Waals surface area contributed by atoms with E-state index in [1.165, 1.54) is 31.4 Å². The normalized spacial score (nSPS) is 11.1. The van der Waals surface area contributed by atoms with Gasteiger partial charge in [0, 0.05) is 23.1 Å². The maximum Gasteiger partial charge on any atom is 0.387 e. The SMILES string of the molecule is COc1cc(-c2noc(COc3ccc4c(C)cc(=O)oc4c3)n2)ccc1OC(F)F. The molecule has 0 aliphatic rings. The molecule has 0 saturated heterocycles. The van der Waals surface area contributed by atoms with Gasteiger partial charge in [0.15, 0.2) is 18.1 Å². The van der Waals surface area contributed by atoms with Crippen molar-refractivity contribution >= 4 is 11.0 Å². The summed E-state index contributed by atoms with van der Waals surface area (Å²) in [6.45, 7) is -1.18. The number of methoxy groups -OCH3 is 1. The van der Waals surface area contributed by atoms with E-state index < -0.39 is 12.2 Å². The van der Waals surface area contributed by atoms with Crippen LogP contribution in [0.4, 0.5) is 8.78 Å². The van der Waals surface area contributed by atoms with Gasteiger partial charge in [-0.05, 0) is 42.8 Å². The summed E-state index contributed by atoms with van der Waals surface area (Å²) in [4.78, 5) is 15.8. The van der Waals surface area contributed by atoms with Crippen LogP contribution in [0.3, 0.4) is 0 Å². The van der Waals surface area contributed by atoms with Crippen LogP contribution in [0.1, 0.15) is 11.5 Å². The van der Waals surface area contributed by atoms with E-state index in [2.05, 4.69) is 14.9 Å². The summed E-state index contributed by atoms with van der Waals surface area (Å²) in [5, 5.41) is 4.67. The van der Waals surface area contributed by atoms with Gasteiger partial charge in [-0.25, -0.2) is 4.79 Å². The molecule has 2 aromatic heterocycles. The zero-order valence-corrected chi connectivity index (χ0v) is 16.4. The van der Waals surface area contributed by atoms with Gasteiger partial charge < -0.3 is 23.2 Å². The number of aromatic nitrogens is 2. The summed E-state index contributed by atoms with van der Waals surface area (Å²) in [7, 11) is 1.33. The van der Waals surface area contributed by atoms with Gasteiger partial charge in [-0.1, -0.05) is 5.16 Å². The van der Waals surface area contributed by atoms with Gasteiger partial charge in [0.1, 0.15) is 11.3 Å². The largest absolute Gasteiger partial charge is 0.493 e. The lowest BCUT2D eigenvalue weighted by molar-refractivity contribution is -0.0512. The van der Waals surface area contributed by atoms with Crippen LogP contribution in [0.25, 0.3) is 22.4 Å². The summed E-state index contributed by atoms with van der Waals surface area (Å²) in [6.07, 6.45) is 0. The summed E-state index contributed by atoms with van der Waals surface area (Å²) >= 11 is 0. The summed E-state index contributed by atoms with van der Waals surface area (Å²) in [5.74, 6) is 0.865. The quantitative estimate of drug-likeness (QED) is 0.400. The average molecular weight is 430 g/mol. The molecule has 0 N–H and O–H groups in total. The van der Waals surface area contributed by atoms with Crippen molar-refractivity contribution in [2.45, 2.75) is 20.1 Å². The first-order valence-electron chi connectivity index (χ1n) is 9.06. The molecule has 0 spiro atoms. The van der Waals surface area contributed by atoms with Gasteiger partial charge >= 0.3 is 12.2 Å². The second kappa shape index (κ2) is 8.42. The Morgan fingerprint density at radius 2 is 1.94 bits per heavy atom. The minimum absolute atomic E-state index is 0.0295. The summed E-state index contributed by atoms with van der Waals surface area (Å²) in [5.41, 5.74) is 1.26. The first-order valence-corrected chi connectivity index (χ1v) is 9.06. The highest BCUT2D eigenvalue weighted by Gasteiger charge is 2.15. The first kappa shape index (κ1) is 20.3. The van der Waals surface area contributed by atoms with Crippen LogP contribution in [0.15, 0.2) is 56.2 Å². The number of benzene rings is 2. The number of rotatable bonds is 7. The Balaban J connectivity index is 1.49. The second-order valence-electron chi connectivity index (χ2n) is 6.45. The Kier molecular flexibility index (Phi) is 5.52. The van der Waals surface area contributed by atoms with Crippen molar-refractivity contribution in [1.29, 1.82) is 0 Å². The molecule has 0 amide bonds. The molecule has 4 aromatic rings. The van der Waals surface area contributed by atoms with Crippen molar-refractivity contribution in [3.05, 3.63) is 64.3 Å². The van der Waals surface area contributed by atoms with Crippen molar-refractivity contribution in [3.8, 4) is 28.6 Å². The third-order valence-corrected chi connectivity index (χ3v) is 4.39. The predicted molar refractivity (Wildman–Crippen MR) is 104 cm³/mol. The minimum Gasteiger partial charge on any atom is -0.493 e. The molecule has 0 atom stereocenters. The number of hydrogen-bond donors (Lipinski definition) is 0. The van der Waals surface area contributed by atoms with Crippen LogP contribution in [0.2, 0.25) is 0 Å². The number of ether oxygens (including phenoxy) is 3. The van der Waals surface area contributed by atoms with Crippen LogP contribution in [0, 0.1) is 6.92 Å². The van der Waals surface area contributed by atoms with Crippen molar-refractivity contribution in [2.75, 3.05) is 7.11 Å². The van der Waals surface area contributed by atoms with Gasteiger partial charge in [-0.3, -0.25) is 0 Å². The molecular formula is C21H16F2N2O6. The monoisotopic (exact) mass is 430 g/mol. The molecule has 0 bridgehead atoms. The Bertz CT molecular complexity index is 1280. The van der Waals surface area contributed by atoms with E-state index in [9.17, 15) is 13.6 Å². The molecule has 8 nitrogen and oxygen atoms in total. The second-order valence-corrected chi connectivity index (χ2v) is 6.45. The van der Waals surface area contributed by atoms with Gasteiger partial charge in [-0.15, -0.1) is 0 Å². The van der Waals surface area contributed by atoms with Crippen LogP contribution in [-0.4, -0.2) is 23.9 Å². The molecule has 2 heterocycles. The maximum atomic E-state index is 12.5. The van der Waals surface area contributed by atoms with Crippen molar-refractivity contribution < 1.29 is 31.9 Å². The standard InChI is InChI=1S/C21H16F2N2O6/c1-11-7-19(26)29-16-9-13(4-5-14(11)16)28-10-18-24-20(25-31-18)12-3-6-15(30-21(22)23)17(8-12)27-2/h3-9,21H,10H2,1-2H3. The van der Waals surface area contributed by atoms with E-state index >= 15 is 0 Å². The highest BCUT2D eigenvalue weighted by atomic mass is 19.3.